The van der Waals surface area contributed by atoms with Crippen LogP contribution >= 0.6 is 0 Å². The van der Waals surface area contributed by atoms with Crippen LogP contribution in [0.5, 0.6) is 11.5 Å². The third kappa shape index (κ3) is 4.75. The van der Waals surface area contributed by atoms with E-state index in [1.54, 1.807) is 5.32 Å². The average molecular weight is 407 g/mol. The zero-order valence-corrected chi connectivity index (χ0v) is 13.3. The largest absolute Gasteiger partial charge is 0.503 e. The molecule has 1 aromatic rings. The van der Waals surface area contributed by atoms with Gasteiger partial charge < -0.3 is 15.6 Å². The highest BCUT2D eigenvalue weighted by atomic mass is 19.4. The van der Waals surface area contributed by atoms with E-state index >= 15 is 0 Å². The van der Waals surface area contributed by atoms with Gasteiger partial charge in [0.2, 0.25) is 5.91 Å². The van der Waals surface area contributed by atoms with E-state index in [0.29, 0.717) is 12.3 Å². The second kappa shape index (κ2) is 7.54. The average Bonchev–Trinajstić information content (AvgIpc) is 2.52. The topological polar surface area (TPSA) is 115 Å². The lowest BCUT2D eigenvalue weighted by Crippen LogP contribution is -2.54. The standard InChI is InChI=1S/C13H12F7N3O4/c1-5(21)9(25)23-10(26)7-8(24)6(2-3-22-7)27-4-11(14,15)12(16,17)13(18,19)20/h2-3,5,24H,4,21H2,1H3,(H,23,25,26)/t5-/m0/s1. The SMILES string of the molecule is C[C@H](N)C(=O)NC(=O)c1nccc(OCC(F)(F)C(F)(F)C(F)(F)F)c1O. The summed E-state index contributed by atoms with van der Waals surface area (Å²) in [6.45, 7) is -1.27. The van der Waals surface area contributed by atoms with E-state index in [2.05, 4.69) is 9.72 Å². The third-order valence-electron chi connectivity index (χ3n) is 2.98. The highest BCUT2D eigenvalue weighted by Gasteiger charge is 2.73. The summed E-state index contributed by atoms with van der Waals surface area (Å²) in [4.78, 5) is 26.4. The van der Waals surface area contributed by atoms with Gasteiger partial charge in [-0.25, -0.2) is 4.98 Å². The quantitative estimate of drug-likeness (QED) is 0.618. The van der Waals surface area contributed by atoms with Crippen molar-refractivity contribution in [2.24, 2.45) is 5.73 Å². The van der Waals surface area contributed by atoms with E-state index in [-0.39, 0.29) is 0 Å². The summed E-state index contributed by atoms with van der Waals surface area (Å²) in [7, 11) is 0. The van der Waals surface area contributed by atoms with Gasteiger partial charge in [-0.15, -0.1) is 0 Å². The number of hydrogen-bond donors (Lipinski definition) is 3. The van der Waals surface area contributed by atoms with Crippen LogP contribution in [-0.2, 0) is 4.79 Å². The van der Waals surface area contributed by atoms with Crippen molar-refractivity contribution in [3.05, 3.63) is 18.0 Å². The first-order valence-electron chi connectivity index (χ1n) is 6.85. The number of nitrogens with two attached hydrogens (primary N) is 1. The second-order valence-electron chi connectivity index (χ2n) is 5.18. The van der Waals surface area contributed by atoms with Crippen LogP contribution in [0.2, 0.25) is 0 Å². The molecule has 0 aliphatic carbocycles. The summed E-state index contributed by atoms with van der Waals surface area (Å²) in [6.07, 6.45) is -5.86. The number of carbonyl (C=O) groups excluding carboxylic acids is 2. The van der Waals surface area contributed by atoms with Gasteiger partial charge in [0.05, 0.1) is 6.04 Å². The smallest absolute Gasteiger partial charge is 0.460 e. The van der Waals surface area contributed by atoms with Crippen molar-refractivity contribution < 1.29 is 50.2 Å². The maximum Gasteiger partial charge on any atom is 0.460 e. The summed E-state index contributed by atoms with van der Waals surface area (Å²) in [5.74, 6) is -16.7. The summed E-state index contributed by atoms with van der Waals surface area (Å²) in [5, 5.41) is 11.4. The fourth-order valence-corrected chi connectivity index (χ4v) is 1.47. The van der Waals surface area contributed by atoms with E-state index < -0.39 is 59.7 Å². The normalized spacial score (nSPS) is 13.8. The Morgan fingerprint density at radius 1 is 1.26 bits per heavy atom. The number of carbonyl (C=O) groups is 2. The first-order valence-corrected chi connectivity index (χ1v) is 6.85. The monoisotopic (exact) mass is 407 g/mol. The molecule has 1 aromatic heterocycles. The molecule has 1 atom stereocenters. The highest BCUT2D eigenvalue weighted by molar-refractivity contribution is 6.06. The third-order valence-corrected chi connectivity index (χ3v) is 2.98. The molecule has 0 saturated heterocycles. The van der Waals surface area contributed by atoms with Crippen molar-refractivity contribution in [1.29, 1.82) is 0 Å². The Labute approximate surface area is 146 Å². The summed E-state index contributed by atoms with van der Waals surface area (Å²) in [5.41, 5.74) is 4.25. The molecule has 2 amide bonds. The molecule has 0 bridgehead atoms. The Morgan fingerprint density at radius 2 is 1.81 bits per heavy atom. The van der Waals surface area contributed by atoms with Gasteiger partial charge in [-0.2, -0.15) is 30.7 Å². The number of pyridine rings is 1. The molecule has 1 rings (SSSR count). The van der Waals surface area contributed by atoms with Crippen LogP contribution in [0.4, 0.5) is 30.7 Å². The number of hydrogen-bond acceptors (Lipinski definition) is 6. The molecule has 0 spiro atoms. The van der Waals surface area contributed by atoms with Crippen molar-refractivity contribution in [3.63, 3.8) is 0 Å². The Balaban J connectivity index is 3.01. The van der Waals surface area contributed by atoms with Gasteiger partial charge in [-0.05, 0) is 6.92 Å². The molecule has 27 heavy (non-hydrogen) atoms. The predicted octanol–water partition coefficient (Wildman–Crippen LogP) is 1.60. The Hall–Kier alpha value is -2.64. The molecule has 4 N–H and O–H groups in total. The van der Waals surface area contributed by atoms with E-state index in [0.717, 1.165) is 0 Å². The maximum atomic E-state index is 13.2. The number of rotatable bonds is 6. The summed E-state index contributed by atoms with van der Waals surface area (Å²) in [6, 6.07) is -0.514. The van der Waals surface area contributed by atoms with Crippen molar-refractivity contribution in [3.8, 4) is 11.5 Å². The van der Waals surface area contributed by atoms with Crippen LogP contribution in [0.3, 0.4) is 0 Å². The lowest BCUT2D eigenvalue weighted by atomic mass is 10.2. The first-order chi connectivity index (χ1) is 12.1. The molecule has 0 saturated carbocycles. The lowest BCUT2D eigenvalue weighted by Gasteiger charge is -2.28. The minimum Gasteiger partial charge on any atom is -0.503 e. The van der Waals surface area contributed by atoms with Crippen LogP contribution in [-0.4, -0.2) is 52.6 Å². The van der Waals surface area contributed by atoms with Gasteiger partial charge in [0.1, 0.15) is 0 Å². The number of nitrogens with one attached hydrogen (secondary N) is 1. The number of aromatic nitrogens is 1. The first kappa shape index (κ1) is 22.4. The molecule has 0 aromatic carbocycles. The summed E-state index contributed by atoms with van der Waals surface area (Å²) >= 11 is 0. The fourth-order valence-electron chi connectivity index (χ4n) is 1.47. The maximum absolute atomic E-state index is 13.2. The molecule has 0 radical (unpaired) electrons. The van der Waals surface area contributed by atoms with Crippen LogP contribution in [0, 0.1) is 0 Å². The molecule has 0 unspecified atom stereocenters. The minimum atomic E-state index is -6.55. The fraction of sp³-hybridized carbons (Fsp3) is 0.462. The Bertz CT molecular complexity index is 722. The van der Waals surface area contributed by atoms with Gasteiger partial charge >= 0.3 is 18.0 Å². The molecule has 14 heteroatoms. The van der Waals surface area contributed by atoms with Crippen LogP contribution in [0.25, 0.3) is 0 Å². The molecule has 152 valence electrons. The van der Waals surface area contributed by atoms with E-state index in [1.807, 2.05) is 0 Å². The zero-order chi connectivity index (χ0) is 21.2. The molecule has 7 nitrogen and oxygen atoms in total. The predicted molar refractivity (Wildman–Crippen MR) is 73.5 cm³/mol. The number of alkyl halides is 7. The Morgan fingerprint density at radius 3 is 2.30 bits per heavy atom. The number of imide groups is 1. The van der Waals surface area contributed by atoms with Gasteiger partial charge in [0.15, 0.2) is 23.8 Å². The van der Waals surface area contributed by atoms with E-state index in [4.69, 9.17) is 5.73 Å². The number of nitrogens with zero attached hydrogens (tertiary/aromatic N) is 1. The minimum absolute atomic E-state index is 0.626. The van der Waals surface area contributed by atoms with Crippen molar-refractivity contribution in [2.75, 3.05) is 6.61 Å². The van der Waals surface area contributed by atoms with Gasteiger partial charge in [0, 0.05) is 12.3 Å². The van der Waals surface area contributed by atoms with Crippen molar-refractivity contribution in [1.82, 2.24) is 10.3 Å². The van der Waals surface area contributed by atoms with Crippen LogP contribution in [0.1, 0.15) is 17.4 Å². The Kier molecular flexibility index (Phi) is 6.25. The lowest BCUT2D eigenvalue weighted by molar-refractivity contribution is -0.358. The molecule has 0 fully saturated rings. The van der Waals surface area contributed by atoms with E-state index in [1.165, 1.54) is 6.92 Å². The number of halogens is 7. The summed E-state index contributed by atoms with van der Waals surface area (Å²) < 4.78 is 92.3. The molecule has 0 aliphatic rings. The van der Waals surface area contributed by atoms with Crippen molar-refractivity contribution in [2.45, 2.75) is 31.0 Å². The second-order valence-corrected chi connectivity index (χ2v) is 5.18. The van der Waals surface area contributed by atoms with Gasteiger partial charge in [-0.3, -0.25) is 14.9 Å². The molecular formula is C13H12F7N3O4. The zero-order valence-electron chi connectivity index (χ0n) is 13.3. The van der Waals surface area contributed by atoms with Crippen molar-refractivity contribution >= 4 is 11.8 Å². The van der Waals surface area contributed by atoms with Crippen LogP contribution in [0.15, 0.2) is 12.3 Å². The number of ether oxygens (including phenoxy) is 1. The highest BCUT2D eigenvalue weighted by Crippen LogP contribution is 2.46. The molecule has 1 heterocycles. The van der Waals surface area contributed by atoms with E-state index in [9.17, 15) is 45.4 Å². The molecule has 0 aliphatic heterocycles. The molecular weight excluding hydrogens is 395 g/mol. The number of amides is 2. The number of aromatic hydroxyl groups is 1. The van der Waals surface area contributed by atoms with Gasteiger partial charge in [0.25, 0.3) is 5.91 Å². The van der Waals surface area contributed by atoms with Gasteiger partial charge in [-0.1, -0.05) is 0 Å². The van der Waals surface area contributed by atoms with Crippen LogP contribution < -0.4 is 15.8 Å².